The van der Waals surface area contributed by atoms with Crippen LogP contribution in [0.2, 0.25) is 0 Å². The molecule has 8 heteroatoms. The van der Waals surface area contributed by atoms with Crippen LogP contribution in [0.3, 0.4) is 0 Å². The van der Waals surface area contributed by atoms with Gasteiger partial charge in [-0.15, -0.1) is 0 Å². The standard InChI is InChI=1S/C17H16N6O2/c24-15-17(22-16(25)21-15)8-23(9-17)14-11-4-1-5-12(11)19-13(20-14)10-3-2-6-18-7-10/h2-3,6-7H,1,4-5,8-9H2,(H2,21,22,24,25). The van der Waals surface area contributed by atoms with Crippen LogP contribution in [-0.2, 0) is 17.6 Å². The Hall–Kier alpha value is -3.03. The van der Waals surface area contributed by atoms with Crippen LogP contribution < -0.4 is 15.5 Å². The number of anilines is 1. The van der Waals surface area contributed by atoms with Gasteiger partial charge in [0.2, 0.25) is 0 Å². The van der Waals surface area contributed by atoms with Crippen LogP contribution in [0.4, 0.5) is 10.6 Å². The average Bonchev–Trinajstić information content (AvgIpc) is 3.17. The Morgan fingerprint density at radius 3 is 2.76 bits per heavy atom. The van der Waals surface area contributed by atoms with Crippen molar-refractivity contribution in [2.75, 3.05) is 18.0 Å². The Labute approximate surface area is 143 Å². The zero-order valence-electron chi connectivity index (χ0n) is 13.5. The van der Waals surface area contributed by atoms with Gasteiger partial charge in [-0.2, -0.15) is 0 Å². The molecule has 2 aromatic heterocycles. The highest BCUT2D eigenvalue weighted by Crippen LogP contribution is 2.36. The minimum Gasteiger partial charge on any atom is -0.350 e. The first kappa shape index (κ1) is 14.3. The van der Waals surface area contributed by atoms with Crippen LogP contribution in [0.5, 0.6) is 0 Å². The van der Waals surface area contributed by atoms with Crippen molar-refractivity contribution in [1.29, 1.82) is 0 Å². The summed E-state index contributed by atoms with van der Waals surface area (Å²) in [7, 11) is 0. The summed E-state index contributed by atoms with van der Waals surface area (Å²) in [6.07, 6.45) is 6.42. The summed E-state index contributed by atoms with van der Waals surface area (Å²) in [6, 6.07) is 3.38. The number of aryl methyl sites for hydroxylation is 1. The molecule has 2 aromatic rings. The molecule has 5 rings (SSSR count). The molecule has 1 aliphatic carbocycles. The van der Waals surface area contributed by atoms with Crippen LogP contribution in [0.1, 0.15) is 17.7 Å². The Kier molecular flexibility index (Phi) is 2.85. The maximum Gasteiger partial charge on any atom is 0.322 e. The molecule has 4 heterocycles. The third-order valence-electron chi connectivity index (χ3n) is 5.07. The van der Waals surface area contributed by atoms with Crippen molar-refractivity contribution in [1.82, 2.24) is 25.6 Å². The lowest BCUT2D eigenvalue weighted by Gasteiger charge is -2.46. The van der Waals surface area contributed by atoms with E-state index in [4.69, 9.17) is 9.97 Å². The van der Waals surface area contributed by atoms with Crippen LogP contribution in [0.15, 0.2) is 24.5 Å². The van der Waals surface area contributed by atoms with Gasteiger partial charge >= 0.3 is 6.03 Å². The van der Waals surface area contributed by atoms with Gasteiger partial charge in [0.25, 0.3) is 5.91 Å². The maximum absolute atomic E-state index is 12.0. The van der Waals surface area contributed by atoms with Crippen LogP contribution in [0.25, 0.3) is 11.4 Å². The second kappa shape index (κ2) is 4.98. The van der Waals surface area contributed by atoms with Gasteiger partial charge in [-0.25, -0.2) is 14.8 Å². The number of nitrogens with one attached hydrogen (secondary N) is 2. The van der Waals surface area contributed by atoms with E-state index in [9.17, 15) is 9.59 Å². The summed E-state index contributed by atoms with van der Waals surface area (Å²) in [4.78, 5) is 39.1. The smallest absolute Gasteiger partial charge is 0.322 e. The number of carbonyl (C=O) groups is 2. The molecule has 126 valence electrons. The molecule has 0 unspecified atom stereocenters. The molecular weight excluding hydrogens is 320 g/mol. The number of aromatic nitrogens is 3. The number of rotatable bonds is 2. The lowest BCUT2D eigenvalue weighted by molar-refractivity contribution is -0.124. The normalized spacial score (nSPS) is 20.2. The quantitative estimate of drug-likeness (QED) is 0.771. The molecule has 0 bridgehead atoms. The van der Waals surface area contributed by atoms with E-state index < -0.39 is 11.6 Å². The Morgan fingerprint density at radius 1 is 1.16 bits per heavy atom. The molecule has 2 N–H and O–H groups in total. The van der Waals surface area contributed by atoms with E-state index in [0.29, 0.717) is 18.9 Å². The summed E-state index contributed by atoms with van der Waals surface area (Å²) in [6.45, 7) is 0.862. The maximum atomic E-state index is 12.0. The highest BCUT2D eigenvalue weighted by Gasteiger charge is 2.55. The molecule has 0 saturated carbocycles. The summed E-state index contributed by atoms with van der Waals surface area (Å²) in [5.41, 5.74) is 2.29. The number of urea groups is 1. The van der Waals surface area contributed by atoms with E-state index in [1.807, 2.05) is 12.1 Å². The van der Waals surface area contributed by atoms with Crippen molar-refractivity contribution in [3.63, 3.8) is 0 Å². The summed E-state index contributed by atoms with van der Waals surface area (Å²) < 4.78 is 0. The second-order valence-electron chi connectivity index (χ2n) is 6.74. The molecule has 2 fully saturated rings. The SMILES string of the molecule is O=C1NC(=O)C2(CN(c3nc(-c4cccnc4)nc4c3CCC4)C2)N1. The fourth-order valence-corrected chi connectivity index (χ4v) is 3.80. The van der Waals surface area contributed by atoms with Gasteiger partial charge in [0.1, 0.15) is 5.82 Å². The van der Waals surface area contributed by atoms with E-state index >= 15 is 0 Å². The first-order valence-electron chi connectivity index (χ1n) is 8.33. The predicted molar refractivity (Wildman–Crippen MR) is 88.9 cm³/mol. The van der Waals surface area contributed by atoms with Gasteiger partial charge in [-0.1, -0.05) is 0 Å². The third-order valence-corrected chi connectivity index (χ3v) is 5.07. The van der Waals surface area contributed by atoms with Gasteiger partial charge in [-0.05, 0) is 31.4 Å². The lowest BCUT2D eigenvalue weighted by atomic mass is 9.89. The summed E-state index contributed by atoms with van der Waals surface area (Å²) >= 11 is 0. The molecule has 1 spiro atoms. The molecule has 0 aromatic carbocycles. The molecule has 2 aliphatic heterocycles. The Bertz CT molecular complexity index is 892. The highest BCUT2D eigenvalue weighted by molar-refractivity contribution is 6.08. The third kappa shape index (κ3) is 2.10. The van der Waals surface area contributed by atoms with Gasteiger partial charge in [-0.3, -0.25) is 15.1 Å². The molecule has 2 saturated heterocycles. The predicted octanol–water partition coefficient (Wildman–Crippen LogP) is 0.426. The van der Waals surface area contributed by atoms with Crippen LogP contribution in [-0.4, -0.2) is 45.5 Å². The van der Waals surface area contributed by atoms with Crippen LogP contribution in [0, 0.1) is 0 Å². The molecule has 0 atom stereocenters. The number of fused-ring (bicyclic) bond motifs is 1. The molecule has 3 aliphatic rings. The van der Waals surface area contributed by atoms with Gasteiger partial charge < -0.3 is 10.2 Å². The molecule has 25 heavy (non-hydrogen) atoms. The van der Waals surface area contributed by atoms with Crippen molar-refractivity contribution < 1.29 is 9.59 Å². The minimum atomic E-state index is -0.817. The molecule has 3 amide bonds. The van der Waals surface area contributed by atoms with E-state index in [1.165, 1.54) is 0 Å². The number of carbonyl (C=O) groups excluding carboxylic acids is 2. The number of imide groups is 1. The fraction of sp³-hybridized carbons (Fsp3) is 0.353. The van der Waals surface area contributed by atoms with Crippen molar-refractivity contribution in [3.8, 4) is 11.4 Å². The number of pyridine rings is 1. The number of nitrogens with zero attached hydrogens (tertiary/aromatic N) is 4. The van der Waals surface area contributed by atoms with Gasteiger partial charge in [0, 0.05) is 29.2 Å². The van der Waals surface area contributed by atoms with Crippen molar-refractivity contribution in [2.45, 2.75) is 24.8 Å². The zero-order valence-corrected chi connectivity index (χ0v) is 13.5. The van der Waals surface area contributed by atoms with E-state index in [0.717, 1.165) is 41.9 Å². The number of hydrogen-bond donors (Lipinski definition) is 2. The Morgan fingerprint density at radius 2 is 2.04 bits per heavy atom. The summed E-state index contributed by atoms with van der Waals surface area (Å²) in [5.74, 6) is 1.28. The Balaban J connectivity index is 1.51. The molecule has 8 nitrogen and oxygen atoms in total. The molecular formula is C17H16N6O2. The fourth-order valence-electron chi connectivity index (χ4n) is 3.80. The van der Waals surface area contributed by atoms with Gasteiger partial charge in [0.15, 0.2) is 11.4 Å². The number of hydrogen-bond acceptors (Lipinski definition) is 6. The average molecular weight is 336 g/mol. The van der Waals surface area contributed by atoms with E-state index in [-0.39, 0.29) is 5.91 Å². The van der Waals surface area contributed by atoms with Gasteiger partial charge in [0.05, 0.1) is 13.1 Å². The van der Waals surface area contributed by atoms with E-state index in [2.05, 4.69) is 20.5 Å². The molecule has 0 radical (unpaired) electrons. The van der Waals surface area contributed by atoms with Crippen molar-refractivity contribution in [2.24, 2.45) is 0 Å². The van der Waals surface area contributed by atoms with Crippen molar-refractivity contribution in [3.05, 3.63) is 35.8 Å². The zero-order chi connectivity index (χ0) is 17.0. The van der Waals surface area contributed by atoms with E-state index in [1.54, 1.807) is 12.4 Å². The largest absolute Gasteiger partial charge is 0.350 e. The second-order valence-corrected chi connectivity index (χ2v) is 6.74. The monoisotopic (exact) mass is 336 g/mol. The highest BCUT2D eigenvalue weighted by atomic mass is 16.2. The topological polar surface area (TPSA) is 100 Å². The first-order chi connectivity index (χ1) is 12.1. The first-order valence-corrected chi connectivity index (χ1v) is 8.33. The van der Waals surface area contributed by atoms with Crippen LogP contribution >= 0.6 is 0 Å². The number of amides is 3. The minimum absolute atomic E-state index is 0.257. The summed E-state index contributed by atoms with van der Waals surface area (Å²) in [5, 5.41) is 5.05. The lowest BCUT2D eigenvalue weighted by Crippen LogP contribution is -2.71. The van der Waals surface area contributed by atoms with Crippen molar-refractivity contribution >= 4 is 17.8 Å².